The Morgan fingerprint density at radius 2 is 1.19 bits per heavy atom. The Bertz CT molecular complexity index is 902. The molecule has 27 heavy (non-hydrogen) atoms. The lowest BCUT2D eigenvalue weighted by Crippen LogP contribution is -2.20. The van der Waals surface area contributed by atoms with Crippen LogP contribution in [0.2, 0.25) is 0 Å². The third-order valence-corrected chi connectivity index (χ3v) is 4.44. The van der Waals surface area contributed by atoms with Crippen LogP contribution in [0.15, 0.2) is 127 Å². The van der Waals surface area contributed by atoms with Crippen LogP contribution in [0.25, 0.3) is 0 Å². The van der Waals surface area contributed by atoms with Gasteiger partial charge in [-0.2, -0.15) is 0 Å². The number of para-hydroxylation sites is 3. The lowest BCUT2D eigenvalue weighted by atomic mass is 10.1. The molecule has 0 spiro atoms. The summed E-state index contributed by atoms with van der Waals surface area (Å²) in [5.74, 6) is 0. The Kier molecular flexibility index (Phi) is 5.16. The molecule has 0 amide bonds. The van der Waals surface area contributed by atoms with Gasteiger partial charge in [0.2, 0.25) is 0 Å². The topological polar surface area (TPSA) is 15.3 Å². The molecule has 0 heterocycles. The number of benzene rings is 3. The van der Waals surface area contributed by atoms with E-state index in [0.29, 0.717) is 0 Å². The first-order valence-electron chi connectivity index (χ1n) is 9.19. The molecule has 1 aliphatic carbocycles. The normalized spacial score (nSPS) is 15.7. The Balaban J connectivity index is 1.72. The van der Waals surface area contributed by atoms with Crippen LogP contribution < -0.4 is 10.2 Å². The van der Waals surface area contributed by atoms with E-state index < -0.39 is 0 Å². The van der Waals surface area contributed by atoms with E-state index in [2.05, 4.69) is 101 Å². The second-order valence-electron chi connectivity index (χ2n) is 6.38. The van der Waals surface area contributed by atoms with Crippen molar-refractivity contribution in [1.82, 2.24) is 0 Å². The average Bonchev–Trinajstić information content (AvgIpc) is 2.96. The first-order valence-corrected chi connectivity index (χ1v) is 9.19. The minimum Gasteiger partial charge on any atom is -0.375 e. The van der Waals surface area contributed by atoms with Crippen molar-refractivity contribution in [3.05, 3.63) is 127 Å². The Labute approximate surface area is 160 Å². The zero-order chi connectivity index (χ0) is 18.3. The number of hydrogen-bond donors (Lipinski definition) is 1. The molecule has 1 N–H and O–H groups in total. The summed E-state index contributed by atoms with van der Waals surface area (Å²) < 4.78 is 0. The van der Waals surface area contributed by atoms with Crippen LogP contribution in [-0.2, 0) is 0 Å². The van der Waals surface area contributed by atoms with Gasteiger partial charge < -0.3 is 10.2 Å². The highest BCUT2D eigenvalue weighted by Gasteiger charge is 2.15. The van der Waals surface area contributed by atoms with E-state index in [1.165, 1.54) is 0 Å². The molecule has 2 heteroatoms. The highest BCUT2D eigenvalue weighted by molar-refractivity contribution is 5.70. The monoisotopic (exact) mass is 350 g/mol. The molecule has 1 aliphatic rings. The Hall–Kier alpha value is -3.52. The molecule has 3 aromatic carbocycles. The van der Waals surface area contributed by atoms with Gasteiger partial charge in [0.25, 0.3) is 0 Å². The van der Waals surface area contributed by atoms with Crippen molar-refractivity contribution in [1.29, 1.82) is 0 Å². The van der Waals surface area contributed by atoms with E-state index in [1.807, 2.05) is 30.3 Å². The van der Waals surface area contributed by atoms with Crippen LogP contribution in [0.3, 0.4) is 0 Å². The third kappa shape index (κ3) is 4.18. The fourth-order valence-electron chi connectivity index (χ4n) is 3.20. The minimum atomic E-state index is 0.104. The summed E-state index contributed by atoms with van der Waals surface area (Å²) in [6.07, 6.45) is 10.8. The van der Waals surface area contributed by atoms with Crippen LogP contribution in [0, 0.1) is 0 Å². The molecular formula is C25H22N2. The molecule has 0 fully saturated rings. The van der Waals surface area contributed by atoms with Crippen molar-refractivity contribution in [2.75, 3.05) is 10.2 Å². The van der Waals surface area contributed by atoms with Crippen molar-refractivity contribution in [3.63, 3.8) is 0 Å². The van der Waals surface area contributed by atoms with E-state index in [4.69, 9.17) is 0 Å². The van der Waals surface area contributed by atoms with E-state index in [9.17, 15) is 0 Å². The molecule has 1 atom stereocenters. The highest BCUT2D eigenvalue weighted by atomic mass is 15.1. The van der Waals surface area contributed by atoms with Gasteiger partial charge in [-0.3, -0.25) is 0 Å². The van der Waals surface area contributed by atoms with E-state index >= 15 is 0 Å². The molecular weight excluding hydrogens is 328 g/mol. The van der Waals surface area contributed by atoms with Gasteiger partial charge in [-0.05, 0) is 48.6 Å². The van der Waals surface area contributed by atoms with Gasteiger partial charge in [0, 0.05) is 22.8 Å². The highest BCUT2D eigenvalue weighted by Crippen LogP contribution is 2.31. The predicted octanol–water partition coefficient (Wildman–Crippen LogP) is 6.32. The molecule has 132 valence electrons. The molecule has 0 saturated heterocycles. The van der Waals surface area contributed by atoms with Gasteiger partial charge in [0.1, 0.15) is 0 Å². The van der Waals surface area contributed by atoms with Gasteiger partial charge in [0.15, 0.2) is 0 Å². The van der Waals surface area contributed by atoms with Gasteiger partial charge in [-0.25, -0.2) is 0 Å². The average molecular weight is 350 g/mol. The molecule has 0 bridgehead atoms. The van der Waals surface area contributed by atoms with Crippen molar-refractivity contribution in [2.45, 2.75) is 6.04 Å². The largest absolute Gasteiger partial charge is 0.375 e. The first-order chi connectivity index (χ1) is 13.4. The van der Waals surface area contributed by atoms with Crippen LogP contribution in [0.1, 0.15) is 0 Å². The van der Waals surface area contributed by atoms with Gasteiger partial charge in [-0.15, -0.1) is 0 Å². The Morgan fingerprint density at radius 3 is 1.78 bits per heavy atom. The molecule has 0 saturated carbocycles. The summed E-state index contributed by atoms with van der Waals surface area (Å²) >= 11 is 0. The summed E-state index contributed by atoms with van der Waals surface area (Å²) in [7, 11) is 0. The maximum Gasteiger partial charge on any atom is 0.0654 e. The SMILES string of the molecule is C1=CC(N(c2ccccc2)c2ccccc2)=CC(Nc2ccccc2)C=C1. The molecule has 0 aromatic heterocycles. The maximum absolute atomic E-state index is 3.58. The molecule has 4 rings (SSSR count). The number of nitrogens with zero attached hydrogens (tertiary/aromatic N) is 1. The zero-order valence-electron chi connectivity index (χ0n) is 15.1. The van der Waals surface area contributed by atoms with Gasteiger partial charge in [-0.1, -0.05) is 72.8 Å². The van der Waals surface area contributed by atoms with E-state index in [0.717, 1.165) is 22.8 Å². The summed E-state index contributed by atoms with van der Waals surface area (Å²) in [6.45, 7) is 0. The standard InChI is InChI=1S/C25H22N2/c1-4-12-21(13-5-1)26-22-14-10-11-19-25(20-22)27(23-15-6-2-7-16-23)24-17-8-3-9-18-24/h1-20,22,26H. The summed E-state index contributed by atoms with van der Waals surface area (Å²) in [5, 5.41) is 3.58. The summed E-state index contributed by atoms with van der Waals surface area (Å²) in [5.41, 5.74) is 4.52. The summed E-state index contributed by atoms with van der Waals surface area (Å²) in [6, 6.07) is 31.4. The van der Waals surface area contributed by atoms with Crippen LogP contribution in [0.4, 0.5) is 17.1 Å². The van der Waals surface area contributed by atoms with Crippen molar-refractivity contribution < 1.29 is 0 Å². The van der Waals surface area contributed by atoms with E-state index in [1.54, 1.807) is 0 Å². The number of nitrogens with one attached hydrogen (secondary N) is 1. The smallest absolute Gasteiger partial charge is 0.0654 e. The lowest BCUT2D eigenvalue weighted by Gasteiger charge is -2.27. The van der Waals surface area contributed by atoms with Gasteiger partial charge >= 0.3 is 0 Å². The fraction of sp³-hybridized carbons (Fsp3) is 0.0400. The van der Waals surface area contributed by atoms with Gasteiger partial charge in [0.05, 0.1) is 6.04 Å². The molecule has 1 unspecified atom stereocenters. The number of hydrogen-bond acceptors (Lipinski definition) is 2. The molecule has 0 aliphatic heterocycles. The Morgan fingerprint density at radius 1 is 0.630 bits per heavy atom. The number of rotatable bonds is 5. The molecule has 3 aromatic rings. The summed E-state index contributed by atoms with van der Waals surface area (Å²) in [4.78, 5) is 2.28. The quantitative estimate of drug-likeness (QED) is 0.579. The molecule has 2 nitrogen and oxygen atoms in total. The minimum absolute atomic E-state index is 0.104. The number of allylic oxidation sites excluding steroid dienone is 3. The first kappa shape index (κ1) is 16.9. The molecule has 0 radical (unpaired) electrons. The van der Waals surface area contributed by atoms with Crippen LogP contribution in [0.5, 0.6) is 0 Å². The fourth-order valence-corrected chi connectivity index (χ4v) is 3.20. The lowest BCUT2D eigenvalue weighted by molar-refractivity contribution is 1.08. The van der Waals surface area contributed by atoms with E-state index in [-0.39, 0.29) is 6.04 Å². The zero-order valence-corrected chi connectivity index (χ0v) is 15.1. The van der Waals surface area contributed by atoms with Crippen LogP contribution >= 0.6 is 0 Å². The predicted molar refractivity (Wildman–Crippen MR) is 115 cm³/mol. The van der Waals surface area contributed by atoms with Crippen LogP contribution in [-0.4, -0.2) is 6.04 Å². The van der Waals surface area contributed by atoms with Crippen molar-refractivity contribution >= 4 is 17.1 Å². The second-order valence-corrected chi connectivity index (χ2v) is 6.38. The third-order valence-electron chi connectivity index (χ3n) is 4.44. The van der Waals surface area contributed by atoms with Crippen molar-refractivity contribution in [2.24, 2.45) is 0 Å². The second kappa shape index (κ2) is 8.24. The number of anilines is 3. The van der Waals surface area contributed by atoms with Crippen molar-refractivity contribution in [3.8, 4) is 0 Å². The maximum atomic E-state index is 3.58.